The molecule has 3 saturated heterocycles. The molecule has 4 aromatic rings. The number of hydrogen-bond donors (Lipinski definition) is 0. The second-order valence-electron chi connectivity index (χ2n) is 12.5. The maximum atomic E-state index is 13.9. The molecule has 3 aliphatic rings. The summed E-state index contributed by atoms with van der Waals surface area (Å²) >= 11 is 0. The lowest BCUT2D eigenvalue weighted by atomic mass is 9.70. The zero-order valence-electron chi connectivity index (χ0n) is 23.9. The van der Waals surface area contributed by atoms with Crippen LogP contribution in [0.25, 0.3) is 11.0 Å². The molecule has 5 nitrogen and oxygen atoms in total. The fourth-order valence-electron chi connectivity index (χ4n) is 8.19. The van der Waals surface area contributed by atoms with Gasteiger partial charge >= 0.3 is 0 Å². The van der Waals surface area contributed by atoms with Crippen LogP contribution in [0.4, 0.5) is 4.39 Å². The lowest BCUT2D eigenvalue weighted by molar-refractivity contribution is 0.0607. The highest BCUT2D eigenvalue weighted by molar-refractivity contribution is 5.94. The molecule has 3 aromatic carbocycles. The molecular weight excluding hydrogens is 511 g/mol. The van der Waals surface area contributed by atoms with Gasteiger partial charge in [-0.25, -0.2) is 9.37 Å². The molecule has 3 fully saturated rings. The number of aromatic nitrogens is 2. The Balaban J connectivity index is 1.07. The predicted molar refractivity (Wildman–Crippen MR) is 161 cm³/mol. The maximum absolute atomic E-state index is 13.9. The molecule has 0 saturated carbocycles. The Morgan fingerprint density at radius 3 is 2.24 bits per heavy atom. The zero-order chi connectivity index (χ0) is 28.0. The van der Waals surface area contributed by atoms with Gasteiger partial charge in [-0.05, 0) is 93.7 Å². The summed E-state index contributed by atoms with van der Waals surface area (Å²) < 4.78 is 16.2. The predicted octanol–water partition coefficient (Wildman–Crippen LogP) is 6.92. The number of carbonyl (C=O) groups excluding carboxylic acids is 1. The minimum Gasteiger partial charge on any atom is -0.339 e. The van der Waals surface area contributed by atoms with Crippen molar-refractivity contribution in [3.05, 3.63) is 102 Å². The molecule has 3 aliphatic heterocycles. The Labute approximate surface area is 242 Å². The number of benzene rings is 3. The van der Waals surface area contributed by atoms with Crippen molar-refractivity contribution in [2.24, 2.45) is 0 Å². The van der Waals surface area contributed by atoms with Gasteiger partial charge in [-0.1, -0.05) is 48.5 Å². The summed E-state index contributed by atoms with van der Waals surface area (Å²) in [6, 6.07) is 27.3. The first-order valence-corrected chi connectivity index (χ1v) is 15.3. The van der Waals surface area contributed by atoms with E-state index in [4.69, 9.17) is 4.98 Å². The molecule has 2 bridgehead atoms. The van der Waals surface area contributed by atoms with Gasteiger partial charge < -0.3 is 9.47 Å². The number of nitrogens with zero attached hydrogens (tertiary/aromatic N) is 4. The van der Waals surface area contributed by atoms with Crippen LogP contribution in [-0.2, 0) is 5.41 Å². The number of hydrogen-bond acceptors (Lipinski definition) is 3. The van der Waals surface area contributed by atoms with Crippen LogP contribution in [-0.4, -0.2) is 57.0 Å². The number of rotatable bonds is 6. The Bertz CT molecular complexity index is 1510. The highest BCUT2D eigenvalue weighted by atomic mass is 19.1. The normalized spacial score (nSPS) is 24.1. The van der Waals surface area contributed by atoms with Crippen molar-refractivity contribution in [3.63, 3.8) is 0 Å². The van der Waals surface area contributed by atoms with Crippen LogP contribution in [0.15, 0.2) is 78.9 Å². The highest BCUT2D eigenvalue weighted by Crippen LogP contribution is 2.45. The first-order valence-electron chi connectivity index (χ1n) is 15.3. The first-order chi connectivity index (χ1) is 20.0. The lowest BCUT2D eigenvalue weighted by Gasteiger charge is -2.45. The molecule has 0 radical (unpaired) electrons. The molecule has 0 spiro atoms. The van der Waals surface area contributed by atoms with E-state index in [2.05, 4.69) is 51.6 Å². The number of fused-ring (bicyclic) bond motifs is 3. The third kappa shape index (κ3) is 4.86. The molecule has 41 heavy (non-hydrogen) atoms. The Kier molecular flexibility index (Phi) is 6.90. The average molecular weight is 551 g/mol. The number of piperidine rings is 2. The van der Waals surface area contributed by atoms with E-state index in [1.807, 2.05) is 36.4 Å². The molecule has 1 amide bonds. The first kappa shape index (κ1) is 26.4. The van der Waals surface area contributed by atoms with E-state index in [1.165, 1.54) is 18.4 Å². The van der Waals surface area contributed by atoms with Gasteiger partial charge in [0.05, 0.1) is 11.0 Å². The Morgan fingerprint density at radius 2 is 1.56 bits per heavy atom. The Hall–Kier alpha value is -3.51. The standard InChI is InChI=1S/C35H39FN4O/c1-25-37-32-22-28(36)12-15-33(32)40(25)31-23-29-13-14-30(24-31)39(29)21-18-35(27-10-6-3-7-11-27)16-19-38(20-17-35)34(41)26-8-4-2-5-9-26/h2-12,15,22,29-31H,13-14,16-21,23-24H2,1H3/t29-,30+,31+. The molecule has 0 unspecified atom stereocenters. The number of imidazole rings is 1. The fourth-order valence-corrected chi connectivity index (χ4v) is 8.19. The van der Waals surface area contributed by atoms with Crippen molar-refractivity contribution in [2.75, 3.05) is 19.6 Å². The van der Waals surface area contributed by atoms with E-state index in [-0.39, 0.29) is 17.1 Å². The van der Waals surface area contributed by atoms with E-state index in [1.54, 1.807) is 12.1 Å². The van der Waals surface area contributed by atoms with E-state index in [0.717, 1.165) is 74.2 Å². The second kappa shape index (κ2) is 10.7. The molecule has 6 heteroatoms. The quantitative estimate of drug-likeness (QED) is 0.262. The minimum absolute atomic E-state index is 0.0895. The lowest BCUT2D eigenvalue weighted by Crippen LogP contribution is -2.49. The number of amides is 1. The van der Waals surface area contributed by atoms with Gasteiger partial charge in [-0.15, -0.1) is 0 Å². The molecule has 212 valence electrons. The topological polar surface area (TPSA) is 41.4 Å². The minimum atomic E-state index is -0.223. The van der Waals surface area contributed by atoms with Gasteiger partial charge in [0.15, 0.2) is 0 Å². The molecule has 4 heterocycles. The summed E-state index contributed by atoms with van der Waals surface area (Å²) in [7, 11) is 0. The zero-order valence-corrected chi connectivity index (χ0v) is 23.9. The molecule has 1 aromatic heterocycles. The van der Waals surface area contributed by atoms with Crippen molar-refractivity contribution in [3.8, 4) is 0 Å². The molecule has 3 atom stereocenters. The summed E-state index contributed by atoms with van der Waals surface area (Å²) in [6.07, 6.45) is 7.86. The van der Waals surface area contributed by atoms with Crippen molar-refractivity contribution < 1.29 is 9.18 Å². The SMILES string of the molecule is Cc1nc2cc(F)ccc2n1[C@H]1C[C@H]2CC[C@@H](C1)N2CCC1(c2ccccc2)CCN(C(=O)c2ccccc2)CC1. The van der Waals surface area contributed by atoms with Crippen molar-refractivity contribution in [1.82, 2.24) is 19.4 Å². The van der Waals surface area contributed by atoms with Crippen LogP contribution in [0.5, 0.6) is 0 Å². The molecule has 0 aliphatic carbocycles. The smallest absolute Gasteiger partial charge is 0.253 e. The number of carbonyl (C=O) groups is 1. The van der Waals surface area contributed by atoms with E-state index < -0.39 is 0 Å². The van der Waals surface area contributed by atoms with Gasteiger partial charge in [0.25, 0.3) is 5.91 Å². The fraction of sp³-hybridized carbons (Fsp3) is 0.429. The van der Waals surface area contributed by atoms with Crippen LogP contribution < -0.4 is 0 Å². The molecule has 0 N–H and O–H groups in total. The number of aryl methyl sites for hydroxylation is 1. The molecular formula is C35H39FN4O. The number of halogens is 1. The summed E-state index contributed by atoms with van der Waals surface area (Å²) in [6.45, 7) is 4.75. The summed E-state index contributed by atoms with van der Waals surface area (Å²) in [5.41, 5.74) is 4.11. The van der Waals surface area contributed by atoms with Gasteiger partial charge in [0, 0.05) is 42.8 Å². The van der Waals surface area contributed by atoms with Gasteiger partial charge in [-0.2, -0.15) is 0 Å². The van der Waals surface area contributed by atoms with Crippen LogP contribution in [0.1, 0.15) is 72.7 Å². The van der Waals surface area contributed by atoms with E-state index >= 15 is 0 Å². The van der Waals surface area contributed by atoms with Crippen molar-refractivity contribution in [1.29, 1.82) is 0 Å². The van der Waals surface area contributed by atoms with Crippen molar-refractivity contribution in [2.45, 2.75) is 75.4 Å². The maximum Gasteiger partial charge on any atom is 0.253 e. The monoisotopic (exact) mass is 550 g/mol. The third-order valence-corrected chi connectivity index (χ3v) is 10.3. The van der Waals surface area contributed by atoms with Crippen LogP contribution in [0.3, 0.4) is 0 Å². The van der Waals surface area contributed by atoms with Gasteiger partial charge in [0.2, 0.25) is 0 Å². The summed E-state index contributed by atoms with van der Waals surface area (Å²) in [4.78, 5) is 22.7. The van der Waals surface area contributed by atoms with Crippen molar-refractivity contribution >= 4 is 16.9 Å². The second-order valence-corrected chi connectivity index (χ2v) is 12.5. The van der Waals surface area contributed by atoms with E-state index in [9.17, 15) is 9.18 Å². The largest absolute Gasteiger partial charge is 0.339 e. The third-order valence-electron chi connectivity index (χ3n) is 10.3. The van der Waals surface area contributed by atoms with Crippen LogP contribution >= 0.6 is 0 Å². The highest BCUT2D eigenvalue weighted by Gasteiger charge is 2.44. The summed E-state index contributed by atoms with van der Waals surface area (Å²) in [5, 5.41) is 0. The van der Waals surface area contributed by atoms with Gasteiger partial charge in [0.1, 0.15) is 11.6 Å². The Morgan fingerprint density at radius 1 is 0.902 bits per heavy atom. The summed E-state index contributed by atoms with van der Waals surface area (Å²) in [5.74, 6) is 0.917. The average Bonchev–Trinajstić information content (AvgIpc) is 3.46. The van der Waals surface area contributed by atoms with E-state index in [0.29, 0.717) is 18.1 Å². The molecule has 7 rings (SSSR count). The van der Waals surface area contributed by atoms with Crippen LogP contribution in [0, 0.1) is 12.7 Å². The van der Waals surface area contributed by atoms with Crippen LogP contribution in [0.2, 0.25) is 0 Å². The van der Waals surface area contributed by atoms with Gasteiger partial charge in [-0.3, -0.25) is 9.69 Å². The number of likely N-dealkylation sites (tertiary alicyclic amines) is 1.